The quantitative estimate of drug-likeness (QED) is 0.868. The standard InChI is InChI=1S/C13H14N3O3P/c17-13(18)11-12(16(20)15-14-11)19-10-6-5-8-3-1-2-4-9(8)7-10/h1-4,10H,5-7,20H2,(H,17,18). The highest BCUT2D eigenvalue weighted by Gasteiger charge is 2.25. The van der Waals surface area contributed by atoms with Crippen molar-refractivity contribution >= 4 is 15.4 Å². The summed E-state index contributed by atoms with van der Waals surface area (Å²) >= 11 is 0. The van der Waals surface area contributed by atoms with Crippen molar-refractivity contribution in [1.82, 2.24) is 14.8 Å². The molecular formula is C13H14N3O3P. The van der Waals surface area contributed by atoms with Gasteiger partial charge in [0, 0.05) is 6.42 Å². The Bertz CT molecular complexity index is 656. The van der Waals surface area contributed by atoms with Gasteiger partial charge < -0.3 is 9.84 Å². The van der Waals surface area contributed by atoms with E-state index in [0.29, 0.717) is 0 Å². The number of carboxylic acids is 1. The summed E-state index contributed by atoms with van der Waals surface area (Å²) in [4.78, 5) is 11.1. The fraction of sp³-hybridized carbons (Fsp3) is 0.308. The Hall–Kier alpha value is -1.94. The van der Waals surface area contributed by atoms with Crippen LogP contribution in [0.1, 0.15) is 28.0 Å². The lowest BCUT2D eigenvalue weighted by atomic mass is 9.90. The van der Waals surface area contributed by atoms with Crippen LogP contribution in [0.5, 0.6) is 5.88 Å². The van der Waals surface area contributed by atoms with Crippen molar-refractivity contribution in [3.8, 4) is 5.88 Å². The Morgan fingerprint density at radius 3 is 2.90 bits per heavy atom. The molecule has 20 heavy (non-hydrogen) atoms. The van der Waals surface area contributed by atoms with Crippen LogP contribution in [0.4, 0.5) is 0 Å². The van der Waals surface area contributed by atoms with Crippen molar-refractivity contribution in [1.29, 1.82) is 0 Å². The largest absolute Gasteiger partial charge is 0.476 e. The molecule has 0 saturated heterocycles. The number of hydrogen-bond acceptors (Lipinski definition) is 4. The fourth-order valence-corrected chi connectivity index (χ4v) is 2.69. The van der Waals surface area contributed by atoms with Gasteiger partial charge in [0.15, 0.2) is 0 Å². The Morgan fingerprint density at radius 2 is 2.15 bits per heavy atom. The second-order valence-corrected chi connectivity index (χ2v) is 5.23. The molecule has 2 unspecified atom stereocenters. The van der Waals surface area contributed by atoms with E-state index in [9.17, 15) is 4.79 Å². The molecule has 1 aliphatic carbocycles. The minimum absolute atomic E-state index is 0.0548. The van der Waals surface area contributed by atoms with Gasteiger partial charge >= 0.3 is 5.97 Å². The van der Waals surface area contributed by atoms with E-state index < -0.39 is 5.97 Å². The van der Waals surface area contributed by atoms with Gasteiger partial charge in [-0.05, 0) is 33.4 Å². The van der Waals surface area contributed by atoms with Gasteiger partial charge in [0.1, 0.15) is 6.10 Å². The van der Waals surface area contributed by atoms with Crippen molar-refractivity contribution in [2.24, 2.45) is 0 Å². The number of aromatic carboxylic acids is 1. The SMILES string of the molecule is O=C(O)c1nnn(P)c1OC1CCc2ccccc2C1. The van der Waals surface area contributed by atoms with Crippen molar-refractivity contribution < 1.29 is 14.6 Å². The molecule has 0 saturated carbocycles. The maximum atomic E-state index is 11.1. The number of hydrogen-bond donors (Lipinski definition) is 1. The van der Waals surface area contributed by atoms with Gasteiger partial charge in [0.2, 0.25) is 5.69 Å². The number of nitrogens with zero attached hydrogens (tertiary/aromatic N) is 3. The molecule has 0 bridgehead atoms. The van der Waals surface area contributed by atoms with E-state index in [1.54, 1.807) is 0 Å². The molecule has 7 heteroatoms. The lowest BCUT2D eigenvalue weighted by molar-refractivity contribution is 0.0680. The zero-order valence-corrected chi connectivity index (χ0v) is 11.8. The molecule has 0 fully saturated rings. The third-order valence-electron chi connectivity index (χ3n) is 3.43. The van der Waals surface area contributed by atoms with Crippen LogP contribution in [0.3, 0.4) is 0 Å². The zero-order chi connectivity index (χ0) is 14.1. The lowest BCUT2D eigenvalue weighted by Gasteiger charge is -2.25. The van der Waals surface area contributed by atoms with Gasteiger partial charge in [-0.3, -0.25) is 0 Å². The summed E-state index contributed by atoms with van der Waals surface area (Å²) in [5.41, 5.74) is 2.44. The Kier molecular flexibility index (Phi) is 3.40. The highest BCUT2D eigenvalue weighted by atomic mass is 31.0. The minimum Gasteiger partial charge on any atom is -0.476 e. The predicted molar refractivity (Wildman–Crippen MR) is 75.0 cm³/mol. The van der Waals surface area contributed by atoms with Gasteiger partial charge in [-0.25, -0.2) is 4.79 Å². The molecule has 3 rings (SSSR count). The molecule has 2 aromatic rings. The van der Waals surface area contributed by atoms with E-state index in [0.717, 1.165) is 19.3 Å². The van der Waals surface area contributed by atoms with E-state index in [-0.39, 0.29) is 17.7 Å². The van der Waals surface area contributed by atoms with Gasteiger partial charge in [-0.15, -0.1) is 5.10 Å². The Labute approximate surface area is 118 Å². The molecular weight excluding hydrogens is 277 g/mol. The maximum Gasteiger partial charge on any atom is 0.362 e. The summed E-state index contributed by atoms with van der Waals surface area (Å²) in [6.07, 6.45) is 2.50. The van der Waals surface area contributed by atoms with Crippen molar-refractivity contribution in [3.05, 3.63) is 41.1 Å². The van der Waals surface area contributed by atoms with E-state index in [4.69, 9.17) is 9.84 Å². The summed E-state index contributed by atoms with van der Waals surface area (Å²) in [6, 6.07) is 8.24. The number of ether oxygens (including phenoxy) is 1. The van der Waals surface area contributed by atoms with Crippen LogP contribution in [0, 0.1) is 0 Å². The molecule has 0 amide bonds. The molecule has 1 aromatic heterocycles. The molecule has 1 N–H and O–H groups in total. The second kappa shape index (κ2) is 5.21. The highest BCUT2D eigenvalue weighted by Crippen LogP contribution is 2.26. The molecule has 6 nitrogen and oxygen atoms in total. The van der Waals surface area contributed by atoms with Crippen LogP contribution < -0.4 is 4.74 Å². The molecule has 0 aliphatic heterocycles. The van der Waals surface area contributed by atoms with E-state index in [1.165, 1.54) is 15.6 Å². The molecule has 0 radical (unpaired) electrons. The predicted octanol–water partition coefficient (Wildman–Crippen LogP) is 1.55. The Morgan fingerprint density at radius 1 is 1.40 bits per heavy atom. The van der Waals surface area contributed by atoms with Crippen molar-refractivity contribution in [2.45, 2.75) is 25.4 Å². The van der Waals surface area contributed by atoms with Crippen molar-refractivity contribution in [2.75, 3.05) is 0 Å². The van der Waals surface area contributed by atoms with E-state index >= 15 is 0 Å². The van der Waals surface area contributed by atoms with Gasteiger partial charge in [-0.1, -0.05) is 29.5 Å². The topological polar surface area (TPSA) is 77.2 Å². The van der Waals surface area contributed by atoms with Gasteiger partial charge in [0.05, 0.1) is 0 Å². The monoisotopic (exact) mass is 291 g/mol. The first-order valence-electron chi connectivity index (χ1n) is 6.32. The van der Waals surface area contributed by atoms with Crippen LogP contribution in [-0.2, 0) is 12.8 Å². The fourth-order valence-electron chi connectivity index (χ4n) is 2.45. The second-order valence-electron chi connectivity index (χ2n) is 4.74. The van der Waals surface area contributed by atoms with Crippen LogP contribution in [0.25, 0.3) is 0 Å². The molecule has 2 atom stereocenters. The van der Waals surface area contributed by atoms with Crippen LogP contribution in [-0.4, -0.2) is 31.9 Å². The van der Waals surface area contributed by atoms with Crippen molar-refractivity contribution in [3.63, 3.8) is 0 Å². The Balaban J connectivity index is 1.80. The molecule has 0 spiro atoms. The smallest absolute Gasteiger partial charge is 0.362 e. The number of rotatable bonds is 3. The lowest BCUT2D eigenvalue weighted by Crippen LogP contribution is -2.26. The number of carbonyl (C=O) groups is 1. The van der Waals surface area contributed by atoms with E-state index in [1.807, 2.05) is 12.1 Å². The van der Waals surface area contributed by atoms with Gasteiger partial charge in [0.25, 0.3) is 5.88 Å². The van der Waals surface area contributed by atoms with Crippen LogP contribution in [0.15, 0.2) is 24.3 Å². The summed E-state index contributed by atoms with van der Waals surface area (Å²) in [6.45, 7) is 0. The van der Waals surface area contributed by atoms with Crippen LogP contribution in [0.2, 0.25) is 0 Å². The summed E-state index contributed by atoms with van der Waals surface area (Å²) in [5.74, 6) is -0.947. The third kappa shape index (κ3) is 2.39. The first kappa shape index (κ1) is 13.1. The summed E-state index contributed by atoms with van der Waals surface area (Å²) in [7, 11) is 2.28. The molecule has 104 valence electrons. The van der Waals surface area contributed by atoms with E-state index in [2.05, 4.69) is 31.8 Å². The number of aryl methyl sites for hydroxylation is 1. The minimum atomic E-state index is -1.13. The van der Waals surface area contributed by atoms with Gasteiger partial charge in [-0.2, -0.15) is 4.45 Å². The number of fused-ring (bicyclic) bond motifs is 1. The number of benzene rings is 1. The molecule has 1 heterocycles. The zero-order valence-electron chi connectivity index (χ0n) is 10.7. The first-order valence-corrected chi connectivity index (χ1v) is 6.84. The number of carboxylic acid groups (broad SMARTS) is 1. The normalized spacial score (nSPS) is 17.6. The highest BCUT2D eigenvalue weighted by molar-refractivity contribution is 7.14. The average molecular weight is 291 g/mol. The third-order valence-corrected chi connectivity index (χ3v) is 3.77. The first-order chi connectivity index (χ1) is 9.65. The average Bonchev–Trinajstić information content (AvgIpc) is 2.80. The summed E-state index contributed by atoms with van der Waals surface area (Å²) < 4.78 is 7.09. The summed E-state index contributed by atoms with van der Waals surface area (Å²) in [5, 5.41) is 16.3. The maximum absolute atomic E-state index is 11.1. The number of aromatic nitrogens is 3. The molecule has 1 aliphatic rings. The van der Waals surface area contributed by atoms with Crippen LogP contribution >= 0.6 is 9.39 Å². The molecule has 1 aromatic carbocycles.